The summed E-state index contributed by atoms with van der Waals surface area (Å²) in [4.78, 5) is 0. The molecule has 0 saturated carbocycles. The first kappa shape index (κ1) is 9.42. The monoisotopic (exact) mass is 380 g/mol. The number of benzene rings is 1. The minimum Gasteiger partial charge on any atom is -0.507 e. The fourth-order valence-electron chi connectivity index (χ4n) is 0.452. The topological polar surface area (TPSA) is 20.2 Å². The van der Waals surface area contributed by atoms with E-state index in [0.717, 1.165) is 4.47 Å². The molecular formula is C6H5BrOPb. The van der Waals surface area contributed by atoms with Gasteiger partial charge < -0.3 is 5.11 Å². The van der Waals surface area contributed by atoms with Gasteiger partial charge in [-0.3, -0.25) is 0 Å². The number of halogens is 1. The molecule has 0 aliphatic carbocycles. The summed E-state index contributed by atoms with van der Waals surface area (Å²) in [7, 11) is 0. The molecule has 0 aliphatic rings. The molecule has 9 heavy (non-hydrogen) atoms. The molecule has 4 radical (unpaired) electrons. The van der Waals surface area contributed by atoms with Crippen LogP contribution in [0.25, 0.3) is 0 Å². The average molecular weight is 380 g/mol. The van der Waals surface area contributed by atoms with Gasteiger partial charge in [0.1, 0.15) is 5.75 Å². The minimum atomic E-state index is 0. The van der Waals surface area contributed by atoms with Crippen LogP contribution in [0, 0.1) is 0 Å². The maximum Gasteiger partial charge on any atom is 0.129 e. The van der Waals surface area contributed by atoms with Gasteiger partial charge in [0.05, 0.1) is 4.47 Å². The van der Waals surface area contributed by atoms with Crippen LogP contribution in [0.1, 0.15) is 0 Å². The van der Waals surface area contributed by atoms with Crippen LogP contribution in [0.3, 0.4) is 0 Å². The molecule has 0 aromatic heterocycles. The molecule has 0 amide bonds. The van der Waals surface area contributed by atoms with E-state index in [0.29, 0.717) is 0 Å². The van der Waals surface area contributed by atoms with Gasteiger partial charge in [-0.2, -0.15) is 0 Å². The smallest absolute Gasteiger partial charge is 0.129 e. The normalized spacial score (nSPS) is 8.11. The minimum absolute atomic E-state index is 0. The zero-order valence-electron chi connectivity index (χ0n) is 4.63. The largest absolute Gasteiger partial charge is 0.507 e. The molecule has 0 unspecified atom stereocenters. The van der Waals surface area contributed by atoms with E-state index in [9.17, 15) is 0 Å². The first-order valence-electron chi connectivity index (χ1n) is 2.24. The number of aromatic hydroxyl groups is 1. The van der Waals surface area contributed by atoms with Crippen LogP contribution in [-0.4, -0.2) is 32.4 Å². The van der Waals surface area contributed by atoms with Crippen molar-refractivity contribution in [3.05, 3.63) is 28.7 Å². The van der Waals surface area contributed by atoms with E-state index in [4.69, 9.17) is 5.11 Å². The van der Waals surface area contributed by atoms with Gasteiger partial charge in [-0.25, -0.2) is 0 Å². The average Bonchev–Trinajstić information content (AvgIpc) is 1.77. The van der Waals surface area contributed by atoms with Gasteiger partial charge in [0.2, 0.25) is 0 Å². The molecule has 1 aromatic rings. The summed E-state index contributed by atoms with van der Waals surface area (Å²) in [6, 6.07) is 7.04. The third-order valence-corrected chi connectivity index (χ3v) is 1.52. The second kappa shape index (κ2) is 4.27. The summed E-state index contributed by atoms with van der Waals surface area (Å²) in [5, 5.41) is 8.87. The Morgan fingerprint density at radius 2 is 1.78 bits per heavy atom. The van der Waals surface area contributed by atoms with Crippen LogP contribution in [0.2, 0.25) is 0 Å². The molecule has 1 N–H and O–H groups in total. The van der Waals surface area contributed by atoms with E-state index in [1.165, 1.54) is 0 Å². The van der Waals surface area contributed by atoms with Crippen molar-refractivity contribution in [2.24, 2.45) is 0 Å². The SMILES string of the molecule is Oc1ccccc1Br.[Pb]. The van der Waals surface area contributed by atoms with Gasteiger partial charge in [0, 0.05) is 27.3 Å². The van der Waals surface area contributed by atoms with Crippen molar-refractivity contribution < 1.29 is 5.11 Å². The second-order valence-corrected chi connectivity index (χ2v) is 2.31. The molecule has 0 heterocycles. The molecular weight excluding hydrogens is 375 g/mol. The van der Waals surface area contributed by atoms with Gasteiger partial charge in [-0.15, -0.1) is 0 Å². The van der Waals surface area contributed by atoms with Crippen LogP contribution in [-0.2, 0) is 0 Å². The summed E-state index contributed by atoms with van der Waals surface area (Å²) < 4.78 is 0.736. The van der Waals surface area contributed by atoms with Gasteiger partial charge in [0.25, 0.3) is 0 Å². The molecule has 1 aromatic carbocycles. The number of hydrogen-bond acceptors (Lipinski definition) is 1. The van der Waals surface area contributed by atoms with E-state index < -0.39 is 0 Å². The Morgan fingerprint density at radius 3 is 2.11 bits per heavy atom. The molecule has 0 fully saturated rings. The molecule has 3 heteroatoms. The number of hydrogen-bond donors (Lipinski definition) is 1. The molecule has 0 atom stereocenters. The van der Waals surface area contributed by atoms with Crippen LogP contribution >= 0.6 is 15.9 Å². The van der Waals surface area contributed by atoms with Crippen molar-refractivity contribution in [1.29, 1.82) is 0 Å². The molecule has 1 rings (SSSR count). The maximum absolute atomic E-state index is 8.87. The third-order valence-electron chi connectivity index (χ3n) is 0.852. The Kier molecular flexibility index (Phi) is 4.47. The van der Waals surface area contributed by atoms with Crippen molar-refractivity contribution in [2.75, 3.05) is 0 Å². The fourth-order valence-corrected chi connectivity index (χ4v) is 0.737. The van der Waals surface area contributed by atoms with E-state index >= 15 is 0 Å². The van der Waals surface area contributed by atoms with Gasteiger partial charge >= 0.3 is 0 Å². The molecule has 0 saturated heterocycles. The zero-order chi connectivity index (χ0) is 5.98. The van der Waals surface area contributed by atoms with Crippen LogP contribution in [0.5, 0.6) is 5.75 Å². The molecule has 1 nitrogen and oxygen atoms in total. The number of phenols is 1. The number of rotatable bonds is 0. The van der Waals surface area contributed by atoms with Gasteiger partial charge in [0.15, 0.2) is 0 Å². The van der Waals surface area contributed by atoms with E-state index in [-0.39, 0.29) is 33.0 Å². The van der Waals surface area contributed by atoms with E-state index in [1.54, 1.807) is 18.2 Å². The van der Waals surface area contributed by atoms with Crippen molar-refractivity contribution in [2.45, 2.75) is 0 Å². The molecule has 0 aliphatic heterocycles. The number of para-hydroxylation sites is 1. The maximum atomic E-state index is 8.87. The van der Waals surface area contributed by atoms with Gasteiger partial charge in [-0.1, -0.05) is 12.1 Å². The van der Waals surface area contributed by atoms with Crippen molar-refractivity contribution in [3.63, 3.8) is 0 Å². The first-order valence-corrected chi connectivity index (χ1v) is 3.03. The van der Waals surface area contributed by atoms with Crippen LogP contribution in [0.4, 0.5) is 0 Å². The zero-order valence-corrected chi connectivity index (χ0v) is 10.1. The Balaban J connectivity index is 0.000000640. The Hall–Kier alpha value is 0.422. The quantitative estimate of drug-likeness (QED) is 0.681. The summed E-state index contributed by atoms with van der Waals surface area (Å²) >= 11 is 3.15. The first-order chi connectivity index (χ1) is 3.80. The third kappa shape index (κ3) is 2.66. The van der Waals surface area contributed by atoms with E-state index in [2.05, 4.69) is 15.9 Å². The summed E-state index contributed by atoms with van der Waals surface area (Å²) in [6.07, 6.45) is 0. The summed E-state index contributed by atoms with van der Waals surface area (Å²) in [5.74, 6) is 0.285. The second-order valence-electron chi connectivity index (χ2n) is 1.45. The number of phenolic OH excluding ortho intramolecular Hbond substituents is 1. The standard InChI is InChI=1S/C6H5BrO.Pb/c7-5-3-1-2-4-6(5)8;/h1-4,8H;. The fraction of sp³-hybridized carbons (Fsp3) is 0. The Morgan fingerprint density at radius 1 is 1.22 bits per heavy atom. The summed E-state index contributed by atoms with van der Waals surface area (Å²) in [6.45, 7) is 0. The predicted octanol–water partition coefficient (Wildman–Crippen LogP) is 1.77. The summed E-state index contributed by atoms with van der Waals surface area (Å²) in [5.41, 5.74) is 0. The van der Waals surface area contributed by atoms with Crippen molar-refractivity contribution in [1.82, 2.24) is 0 Å². The van der Waals surface area contributed by atoms with Crippen molar-refractivity contribution in [3.8, 4) is 5.75 Å². The molecule has 46 valence electrons. The van der Waals surface area contributed by atoms with Crippen molar-refractivity contribution >= 4 is 43.2 Å². The molecule has 0 bridgehead atoms. The van der Waals surface area contributed by atoms with Gasteiger partial charge in [-0.05, 0) is 28.1 Å². The van der Waals surface area contributed by atoms with E-state index in [1.807, 2.05) is 6.07 Å². The van der Waals surface area contributed by atoms with Crippen LogP contribution in [0.15, 0.2) is 28.7 Å². The predicted molar refractivity (Wildman–Crippen MR) is 41.6 cm³/mol. The van der Waals surface area contributed by atoms with Crippen LogP contribution < -0.4 is 0 Å². The Bertz CT molecular complexity index is 169. The Labute approximate surface area is 82.4 Å². The molecule has 0 spiro atoms.